The molecule has 0 spiro atoms. The van der Waals surface area contributed by atoms with Crippen molar-refractivity contribution >= 4 is 28.8 Å². The number of imidazole rings is 1. The van der Waals surface area contributed by atoms with Crippen molar-refractivity contribution < 1.29 is 29.3 Å². The van der Waals surface area contributed by atoms with Crippen LogP contribution in [0.25, 0.3) is 11.2 Å². The van der Waals surface area contributed by atoms with E-state index in [0.717, 1.165) is 35.6 Å². The molecule has 0 radical (unpaired) electrons. The molecule has 35 heavy (non-hydrogen) atoms. The monoisotopic (exact) mass is 484 g/mol. The molecule has 2 heterocycles. The fourth-order valence-electron chi connectivity index (χ4n) is 3.32. The van der Waals surface area contributed by atoms with E-state index in [1.165, 1.54) is 16.7 Å². The molecule has 1 atom stereocenters. The van der Waals surface area contributed by atoms with Gasteiger partial charge >= 0.3 is 11.9 Å². The lowest BCUT2D eigenvalue weighted by molar-refractivity contribution is -0.134. The van der Waals surface area contributed by atoms with Crippen molar-refractivity contribution in [1.82, 2.24) is 14.5 Å². The van der Waals surface area contributed by atoms with Crippen LogP contribution in [0, 0.1) is 13.8 Å². The summed E-state index contributed by atoms with van der Waals surface area (Å²) in [4.78, 5) is 28.4. The van der Waals surface area contributed by atoms with Crippen molar-refractivity contribution in [2.24, 2.45) is 7.05 Å². The highest BCUT2D eigenvalue weighted by atomic mass is 16.7. The van der Waals surface area contributed by atoms with Crippen LogP contribution in [0.4, 0.5) is 5.69 Å². The number of pyridine rings is 1. The first-order valence-electron chi connectivity index (χ1n) is 11.1. The summed E-state index contributed by atoms with van der Waals surface area (Å²) in [5.74, 6) is -1.09. The molecular weight excluding hydrogens is 452 g/mol. The number of carboxylic acid groups (broad SMARTS) is 2. The van der Waals surface area contributed by atoms with Crippen molar-refractivity contribution in [2.75, 3.05) is 12.4 Å². The van der Waals surface area contributed by atoms with E-state index in [1.54, 1.807) is 7.11 Å². The summed E-state index contributed by atoms with van der Waals surface area (Å²) in [6.45, 7) is 8.87. The van der Waals surface area contributed by atoms with Crippen LogP contribution in [0.15, 0.2) is 36.4 Å². The third-order valence-electron chi connectivity index (χ3n) is 5.36. The number of carbonyl (C=O) groups is 2. The molecule has 188 valence electrons. The Hall–Kier alpha value is -3.92. The average molecular weight is 485 g/mol. The maximum absolute atomic E-state index is 9.55. The smallest absolute Gasteiger partial charge is 0.328 e. The zero-order valence-corrected chi connectivity index (χ0v) is 20.8. The van der Waals surface area contributed by atoms with Crippen molar-refractivity contribution in [3.8, 4) is 5.88 Å². The molecule has 0 aliphatic carbocycles. The first kappa shape index (κ1) is 27.3. The zero-order chi connectivity index (χ0) is 26.1. The molecule has 3 aromatic rings. The number of nitrogens with zero attached hydrogens (tertiary/aromatic N) is 3. The Labute approximate surface area is 204 Å². The van der Waals surface area contributed by atoms with Crippen LogP contribution in [0.5, 0.6) is 5.88 Å². The van der Waals surface area contributed by atoms with Crippen LogP contribution in [0.2, 0.25) is 0 Å². The van der Waals surface area contributed by atoms with Gasteiger partial charge in [-0.2, -0.15) is 4.98 Å². The standard InChI is InChI=1S/C21H28N4O2.C4H4O4/c1-7-16-10-8-9-13(2)17(16)12-22-18-11-19(27-15(4)26-6)24-21-20(18)23-14(3)25(21)5;5-3(6)1-2-4(7)8/h8-11,15H,7,12H2,1-6H3,(H,22,24);1-2H,(H,5,6)(H,7,8). The van der Waals surface area contributed by atoms with Gasteiger partial charge in [0.2, 0.25) is 5.88 Å². The number of methoxy groups -OCH3 is 1. The first-order chi connectivity index (χ1) is 16.6. The highest BCUT2D eigenvalue weighted by Crippen LogP contribution is 2.28. The molecule has 0 aliphatic rings. The van der Waals surface area contributed by atoms with Crippen LogP contribution in [0.3, 0.4) is 0 Å². The number of ether oxygens (including phenoxy) is 2. The number of carboxylic acids is 2. The van der Waals surface area contributed by atoms with Gasteiger partial charge in [0.1, 0.15) is 11.3 Å². The molecule has 0 saturated carbocycles. The topological polar surface area (TPSA) is 136 Å². The Morgan fingerprint density at radius 1 is 1.17 bits per heavy atom. The Morgan fingerprint density at radius 2 is 1.83 bits per heavy atom. The molecule has 0 amide bonds. The lowest BCUT2D eigenvalue weighted by atomic mass is 10.00. The number of nitrogens with one attached hydrogen (secondary N) is 1. The van der Waals surface area contributed by atoms with E-state index >= 15 is 0 Å². The van der Waals surface area contributed by atoms with Crippen LogP contribution >= 0.6 is 0 Å². The summed E-state index contributed by atoms with van der Waals surface area (Å²) in [7, 11) is 3.57. The van der Waals surface area contributed by atoms with Gasteiger partial charge in [0, 0.05) is 38.9 Å². The second kappa shape index (κ2) is 12.5. The van der Waals surface area contributed by atoms with Gasteiger partial charge in [-0.15, -0.1) is 0 Å². The van der Waals surface area contributed by atoms with Gasteiger partial charge in [0.25, 0.3) is 0 Å². The molecular formula is C25H32N4O6. The molecule has 0 aliphatic heterocycles. The summed E-state index contributed by atoms with van der Waals surface area (Å²) >= 11 is 0. The first-order valence-corrected chi connectivity index (χ1v) is 11.1. The van der Waals surface area contributed by atoms with Gasteiger partial charge in [-0.25, -0.2) is 14.6 Å². The number of hydrogen-bond acceptors (Lipinski definition) is 7. The Balaban J connectivity index is 0.000000466. The minimum absolute atomic E-state index is 0.375. The van der Waals surface area contributed by atoms with E-state index in [1.807, 2.05) is 31.5 Å². The van der Waals surface area contributed by atoms with Crippen molar-refractivity contribution in [3.63, 3.8) is 0 Å². The number of fused-ring (bicyclic) bond motifs is 1. The second-order valence-corrected chi connectivity index (χ2v) is 7.75. The lowest BCUT2D eigenvalue weighted by Gasteiger charge is -2.16. The minimum Gasteiger partial charge on any atom is -0.478 e. The third kappa shape index (κ3) is 7.54. The molecule has 10 nitrogen and oxygen atoms in total. The quantitative estimate of drug-likeness (QED) is 0.306. The summed E-state index contributed by atoms with van der Waals surface area (Å²) in [6, 6.07) is 8.35. The largest absolute Gasteiger partial charge is 0.478 e. The van der Waals surface area contributed by atoms with Gasteiger partial charge in [0.05, 0.1) is 5.69 Å². The van der Waals surface area contributed by atoms with E-state index in [4.69, 9.17) is 19.7 Å². The number of rotatable bonds is 9. The number of aryl methyl sites for hydroxylation is 4. The van der Waals surface area contributed by atoms with E-state index in [0.29, 0.717) is 18.0 Å². The molecule has 0 fully saturated rings. The van der Waals surface area contributed by atoms with Gasteiger partial charge in [-0.05, 0) is 43.9 Å². The van der Waals surface area contributed by atoms with Crippen LogP contribution in [-0.2, 0) is 34.3 Å². The zero-order valence-electron chi connectivity index (χ0n) is 20.8. The van der Waals surface area contributed by atoms with Crippen molar-refractivity contribution in [2.45, 2.75) is 47.0 Å². The summed E-state index contributed by atoms with van der Waals surface area (Å²) in [5.41, 5.74) is 6.51. The van der Waals surface area contributed by atoms with E-state index in [9.17, 15) is 9.59 Å². The maximum Gasteiger partial charge on any atom is 0.328 e. The average Bonchev–Trinajstić information content (AvgIpc) is 3.10. The Morgan fingerprint density at radius 3 is 2.40 bits per heavy atom. The summed E-state index contributed by atoms with van der Waals surface area (Å²) in [5, 5.41) is 19.2. The van der Waals surface area contributed by atoms with Gasteiger partial charge in [0.15, 0.2) is 11.9 Å². The fourth-order valence-corrected chi connectivity index (χ4v) is 3.32. The molecule has 3 rings (SSSR count). The number of aliphatic carboxylic acids is 2. The summed E-state index contributed by atoms with van der Waals surface area (Å²) < 4.78 is 13.0. The fraction of sp³-hybridized carbons (Fsp3) is 0.360. The normalized spacial score (nSPS) is 11.7. The molecule has 1 unspecified atom stereocenters. The Bertz CT molecular complexity index is 1200. The minimum atomic E-state index is -1.26. The van der Waals surface area contributed by atoms with Crippen LogP contribution in [-0.4, -0.2) is 50.1 Å². The maximum atomic E-state index is 9.55. The van der Waals surface area contributed by atoms with Crippen LogP contribution in [0.1, 0.15) is 36.4 Å². The van der Waals surface area contributed by atoms with E-state index in [-0.39, 0.29) is 6.29 Å². The molecule has 3 N–H and O–H groups in total. The molecule has 0 bridgehead atoms. The molecule has 2 aromatic heterocycles. The lowest BCUT2D eigenvalue weighted by Crippen LogP contribution is -2.15. The Kier molecular flexibility index (Phi) is 9.77. The van der Waals surface area contributed by atoms with Crippen molar-refractivity contribution in [3.05, 3.63) is 58.9 Å². The predicted octanol–water partition coefficient (Wildman–Crippen LogP) is 3.84. The predicted molar refractivity (Wildman–Crippen MR) is 133 cm³/mol. The van der Waals surface area contributed by atoms with Crippen LogP contribution < -0.4 is 10.1 Å². The third-order valence-corrected chi connectivity index (χ3v) is 5.36. The van der Waals surface area contributed by atoms with E-state index < -0.39 is 11.9 Å². The summed E-state index contributed by atoms with van der Waals surface area (Å²) in [6.07, 6.45) is 1.75. The van der Waals surface area contributed by atoms with Gasteiger partial charge < -0.3 is 29.6 Å². The highest BCUT2D eigenvalue weighted by Gasteiger charge is 2.15. The van der Waals surface area contributed by atoms with E-state index in [2.05, 4.69) is 47.3 Å². The van der Waals surface area contributed by atoms with Gasteiger partial charge in [-0.1, -0.05) is 25.1 Å². The molecule has 0 saturated heterocycles. The number of hydrogen-bond donors (Lipinski definition) is 3. The van der Waals surface area contributed by atoms with Gasteiger partial charge in [-0.3, -0.25) is 0 Å². The second-order valence-electron chi connectivity index (χ2n) is 7.75. The molecule has 10 heteroatoms. The van der Waals surface area contributed by atoms with Crippen molar-refractivity contribution in [1.29, 1.82) is 0 Å². The number of benzene rings is 1. The number of aromatic nitrogens is 3. The highest BCUT2D eigenvalue weighted by molar-refractivity contribution is 5.89. The molecule has 1 aromatic carbocycles. The number of anilines is 1. The SMILES string of the molecule is CCc1cccc(C)c1CNc1cc(OC(C)OC)nc2c1nc(C)n2C.O=C(O)C=CC(=O)O.